The molecule has 0 aliphatic carbocycles. The Kier molecular flexibility index (Phi) is 7.28. The Hall–Kier alpha value is -3.49. The lowest BCUT2D eigenvalue weighted by atomic mass is 10.0. The van der Waals surface area contributed by atoms with Crippen molar-refractivity contribution in [2.75, 3.05) is 44.1 Å². The minimum atomic E-state index is -3.23. The Morgan fingerprint density at radius 2 is 1.86 bits per heavy atom. The first-order valence-corrected chi connectivity index (χ1v) is 13.2. The number of aromatic nitrogens is 6. The summed E-state index contributed by atoms with van der Waals surface area (Å²) in [5, 5.41) is 3.22. The second-order valence-electron chi connectivity index (χ2n) is 8.70. The maximum absolute atomic E-state index is 12.0. The number of pyridine rings is 1. The summed E-state index contributed by atoms with van der Waals surface area (Å²) in [6.45, 7) is 7.32. The van der Waals surface area contributed by atoms with E-state index >= 15 is 0 Å². The highest BCUT2D eigenvalue weighted by Crippen LogP contribution is 2.32. The highest BCUT2D eigenvalue weighted by molar-refractivity contribution is 7.88. The molecule has 0 amide bonds. The van der Waals surface area contributed by atoms with Gasteiger partial charge in [-0.1, -0.05) is 0 Å². The molecule has 3 aromatic heterocycles. The number of aryl methyl sites for hydroxylation is 1. The summed E-state index contributed by atoms with van der Waals surface area (Å²) >= 11 is 0. The zero-order valence-corrected chi connectivity index (χ0v) is 21.7. The molecule has 0 saturated carbocycles. The van der Waals surface area contributed by atoms with Gasteiger partial charge < -0.3 is 15.8 Å². The van der Waals surface area contributed by atoms with E-state index in [1.807, 2.05) is 13.0 Å². The molecule has 4 rings (SSSR count). The number of rotatable bonds is 7. The van der Waals surface area contributed by atoms with Crippen LogP contribution in [0.1, 0.15) is 31.3 Å². The van der Waals surface area contributed by atoms with Crippen molar-refractivity contribution in [3.63, 3.8) is 0 Å². The van der Waals surface area contributed by atoms with Gasteiger partial charge in [-0.2, -0.15) is 14.3 Å². The molecule has 1 saturated heterocycles. The summed E-state index contributed by atoms with van der Waals surface area (Å²) in [5.74, 6) is 1.48. The molecule has 0 unspecified atom stereocenters. The number of nitrogens with zero attached hydrogens (tertiary/aromatic N) is 8. The summed E-state index contributed by atoms with van der Waals surface area (Å²) in [5.41, 5.74) is 8.08. The van der Waals surface area contributed by atoms with E-state index in [9.17, 15) is 8.42 Å². The third-order valence-corrected chi connectivity index (χ3v) is 7.35. The fourth-order valence-electron chi connectivity index (χ4n) is 4.23. The Morgan fingerprint density at radius 3 is 2.47 bits per heavy atom. The van der Waals surface area contributed by atoms with Gasteiger partial charge in [-0.25, -0.2) is 28.4 Å². The number of hydrogen-bond donors (Lipinski definition) is 2. The van der Waals surface area contributed by atoms with Crippen molar-refractivity contribution in [3.8, 4) is 17.4 Å². The number of ether oxygens (including phenoxy) is 1. The van der Waals surface area contributed by atoms with E-state index < -0.39 is 10.0 Å². The lowest BCUT2D eigenvalue weighted by Crippen LogP contribution is -2.53. The van der Waals surface area contributed by atoms with Gasteiger partial charge in [0.1, 0.15) is 11.6 Å². The maximum Gasteiger partial charge on any atom is 0.316 e. The number of anilines is 3. The van der Waals surface area contributed by atoms with Crippen molar-refractivity contribution in [1.82, 2.24) is 39.1 Å². The van der Waals surface area contributed by atoms with E-state index in [1.54, 1.807) is 25.5 Å². The predicted octanol–water partition coefficient (Wildman–Crippen LogP) is 1.39. The molecule has 14 heteroatoms. The minimum Gasteiger partial charge on any atom is -0.467 e. The molecule has 0 spiro atoms. The highest BCUT2D eigenvalue weighted by atomic mass is 32.2. The first kappa shape index (κ1) is 25.6. The first-order valence-electron chi connectivity index (χ1n) is 11.4. The van der Waals surface area contributed by atoms with Gasteiger partial charge in [-0.15, -0.1) is 0 Å². The van der Waals surface area contributed by atoms with Gasteiger partial charge in [-0.3, -0.25) is 4.90 Å². The second kappa shape index (κ2) is 10.2. The number of nitrogen functional groups attached to an aromatic ring is 1. The quantitative estimate of drug-likeness (QED) is 0.466. The number of nitrogens with two attached hydrogens (primary N) is 1. The highest BCUT2D eigenvalue weighted by Gasteiger charge is 2.32. The lowest BCUT2D eigenvalue weighted by molar-refractivity contribution is 0.0906. The predicted molar refractivity (Wildman–Crippen MR) is 135 cm³/mol. The summed E-state index contributed by atoms with van der Waals surface area (Å²) in [4.78, 5) is 28.1. The van der Waals surface area contributed by atoms with Gasteiger partial charge in [0.05, 0.1) is 37.0 Å². The van der Waals surface area contributed by atoms with Gasteiger partial charge in [0, 0.05) is 37.9 Å². The van der Waals surface area contributed by atoms with Crippen LogP contribution in [0.3, 0.4) is 0 Å². The van der Waals surface area contributed by atoms with E-state index in [2.05, 4.69) is 47.0 Å². The molecular formula is C22H30N10O3S. The van der Waals surface area contributed by atoms with Gasteiger partial charge in [0.25, 0.3) is 0 Å². The molecule has 4 heterocycles. The molecule has 1 aliphatic heterocycles. The second-order valence-corrected chi connectivity index (χ2v) is 10.7. The molecule has 1 fully saturated rings. The van der Waals surface area contributed by atoms with Crippen molar-refractivity contribution in [1.29, 1.82) is 0 Å². The van der Waals surface area contributed by atoms with Crippen LogP contribution in [0.5, 0.6) is 6.01 Å². The molecule has 3 aromatic rings. The third-order valence-electron chi connectivity index (χ3n) is 6.08. The number of piperazine rings is 1. The van der Waals surface area contributed by atoms with Crippen LogP contribution in [0.4, 0.5) is 17.5 Å². The molecule has 0 bridgehead atoms. The minimum absolute atomic E-state index is 0.0243. The average molecular weight is 515 g/mol. The van der Waals surface area contributed by atoms with Crippen molar-refractivity contribution < 1.29 is 13.2 Å². The summed E-state index contributed by atoms with van der Waals surface area (Å²) in [6, 6.07) is 2.21. The zero-order valence-electron chi connectivity index (χ0n) is 20.9. The molecule has 1 aliphatic rings. The largest absolute Gasteiger partial charge is 0.467 e. The van der Waals surface area contributed by atoms with Crippen molar-refractivity contribution >= 4 is 27.5 Å². The number of nitrogens with one attached hydrogen (secondary N) is 1. The van der Waals surface area contributed by atoms with Gasteiger partial charge in [0.15, 0.2) is 5.82 Å². The van der Waals surface area contributed by atoms with E-state index in [4.69, 9.17) is 10.5 Å². The number of methoxy groups -OCH3 is 1. The summed E-state index contributed by atoms with van der Waals surface area (Å²) in [7, 11) is -1.73. The Morgan fingerprint density at radius 1 is 1.14 bits per heavy atom. The topological polar surface area (TPSA) is 165 Å². The first-order chi connectivity index (χ1) is 17.0. The number of sulfonamides is 1. The van der Waals surface area contributed by atoms with E-state index in [0.29, 0.717) is 48.4 Å². The molecule has 192 valence electrons. The van der Waals surface area contributed by atoms with Gasteiger partial charge in [0.2, 0.25) is 16.0 Å². The monoisotopic (exact) mass is 514 g/mol. The molecular weight excluding hydrogens is 484 g/mol. The lowest BCUT2D eigenvalue weighted by Gasteiger charge is -2.42. The maximum atomic E-state index is 12.0. The van der Waals surface area contributed by atoms with Crippen molar-refractivity contribution in [3.05, 3.63) is 36.0 Å². The molecule has 13 nitrogen and oxygen atoms in total. The van der Waals surface area contributed by atoms with Gasteiger partial charge >= 0.3 is 6.01 Å². The summed E-state index contributed by atoms with van der Waals surface area (Å²) in [6.07, 6.45) is 6.21. The van der Waals surface area contributed by atoms with Crippen LogP contribution in [0.15, 0.2) is 24.7 Å². The Labute approximate surface area is 210 Å². The van der Waals surface area contributed by atoms with Crippen molar-refractivity contribution in [2.24, 2.45) is 0 Å². The van der Waals surface area contributed by atoms with Crippen LogP contribution in [0.25, 0.3) is 11.4 Å². The summed E-state index contributed by atoms with van der Waals surface area (Å²) < 4.78 is 30.6. The van der Waals surface area contributed by atoms with Crippen molar-refractivity contribution in [2.45, 2.75) is 32.9 Å². The molecule has 0 aromatic carbocycles. The van der Waals surface area contributed by atoms with E-state index in [1.165, 1.54) is 17.7 Å². The SMILES string of the molecule is COc1ncc(Nc2ncc([C@@H](C)N3CCN(S(C)(=O)=O)C[C@@H]3C)cc2-c2nc(C)nc(N)n2)cn1. The fraction of sp³-hybridized carbons (Fsp3) is 0.455. The van der Waals surface area contributed by atoms with Crippen LogP contribution in [0.2, 0.25) is 0 Å². The normalized spacial score (nSPS) is 18.1. The third kappa shape index (κ3) is 5.66. The fourth-order valence-corrected chi connectivity index (χ4v) is 5.13. The molecule has 36 heavy (non-hydrogen) atoms. The molecule has 2 atom stereocenters. The van der Waals surface area contributed by atoms with Crippen LogP contribution >= 0.6 is 0 Å². The van der Waals surface area contributed by atoms with Crippen LogP contribution in [-0.2, 0) is 10.0 Å². The molecule has 0 radical (unpaired) electrons. The van der Waals surface area contributed by atoms with E-state index in [-0.39, 0.29) is 24.0 Å². The number of hydrogen-bond acceptors (Lipinski definition) is 12. The van der Waals surface area contributed by atoms with E-state index in [0.717, 1.165) is 5.56 Å². The van der Waals surface area contributed by atoms with Crippen LogP contribution in [0, 0.1) is 6.92 Å². The zero-order chi connectivity index (χ0) is 26.0. The Bertz CT molecular complexity index is 1320. The molecule has 3 N–H and O–H groups in total. The standard InChI is InChI=1S/C22H30N10O3S/c1-13-12-31(36(5,33)34)6-7-32(13)14(2)16-8-18(20-27-15(3)28-21(23)30-20)19(24-9-16)29-17-10-25-22(35-4)26-11-17/h8-11,13-14H,6-7,12H2,1-5H3,(H,24,29)(H2,23,27,28,30)/t13-,14+/m0/s1. The smallest absolute Gasteiger partial charge is 0.316 e. The van der Waals surface area contributed by atoms with Crippen LogP contribution < -0.4 is 15.8 Å². The van der Waals surface area contributed by atoms with Gasteiger partial charge in [-0.05, 0) is 32.4 Å². The Balaban J connectivity index is 1.68. The van der Waals surface area contributed by atoms with Crippen LogP contribution in [-0.4, -0.2) is 86.6 Å². The average Bonchev–Trinajstić information content (AvgIpc) is 2.83.